The Bertz CT molecular complexity index is 391. The van der Waals surface area contributed by atoms with Crippen LogP contribution < -0.4 is 5.32 Å². The molecule has 0 bridgehead atoms. The van der Waals surface area contributed by atoms with Gasteiger partial charge in [0.25, 0.3) is 0 Å². The number of nitrogens with zero attached hydrogens (tertiary/aromatic N) is 1. The van der Waals surface area contributed by atoms with Gasteiger partial charge in [0, 0.05) is 31.0 Å². The van der Waals surface area contributed by atoms with Gasteiger partial charge < -0.3 is 10.1 Å². The number of aromatic nitrogens is 1. The van der Waals surface area contributed by atoms with Crippen LogP contribution in [0.2, 0.25) is 0 Å². The lowest BCUT2D eigenvalue weighted by molar-refractivity contribution is -0.0989. The first kappa shape index (κ1) is 15.5. The predicted octanol–water partition coefficient (Wildman–Crippen LogP) is 3.20. The summed E-state index contributed by atoms with van der Waals surface area (Å²) in [5.74, 6) is 0.745. The summed E-state index contributed by atoms with van der Waals surface area (Å²) in [6.45, 7) is 5.24. The number of ether oxygens (including phenoxy) is 1. The van der Waals surface area contributed by atoms with Crippen molar-refractivity contribution in [1.29, 1.82) is 0 Å². The molecule has 1 aliphatic rings. The number of hydrogen-bond donors (Lipinski definition) is 1. The number of likely N-dealkylation sites (N-methyl/N-ethyl adjacent to an activating group) is 1. The molecule has 112 valence electrons. The van der Waals surface area contributed by atoms with Crippen molar-refractivity contribution < 1.29 is 4.74 Å². The molecule has 0 radical (unpaired) electrons. The Kier molecular flexibility index (Phi) is 5.55. The molecule has 1 fully saturated rings. The number of nitrogens with one attached hydrogen (secondary N) is 1. The van der Waals surface area contributed by atoms with E-state index in [2.05, 4.69) is 36.3 Å². The van der Waals surface area contributed by atoms with E-state index in [4.69, 9.17) is 4.74 Å². The minimum Gasteiger partial charge on any atom is -0.374 e. The molecule has 0 amide bonds. The van der Waals surface area contributed by atoms with E-state index in [-0.39, 0.29) is 5.60 Å². The molecule has 20 heavy (non-hydrogen) atoms. The van der Waals surface area contributed by atoms with Crippen molar-refractivity contribution in [3.8, 4) is 0 Å². The summed E-state index contributed by atoms with van der Waals surface area (Å²) in [7, 11) is 2.05. The van der Waals surface area contributed by atoms with Crippen molar-refractivity contribution in [1.82, 2.24) is 10.3 Å². The van der Waals surface area contributed by atoms with Gasteiger partial charge in [-0.15, -0.1) is 0 Å². The van der Waals surface area contributed by atoms with Gasteiger partial charge in [-0.2, -0.15) is 0 Å². The predicted molar refractivity (Wildman–Crippen MR) is 82.8 cm³/mol. The van der Waals surface area contributed by atoms with E-state index in [0.29, 0.717) is 6.04 Å². The zero-order valence-electron chi connectivity index (χ0n) is 13.1. The van der Waals surface area contributed by atoms with Crippen LogP contribution in [0.5, 0.6) is 0 Å². The fourth-order valence-electron chi connectivity index (χ4n) is 3.66. The molecule has 0 saturated heterocycles. The maximum absolute atomic E-state index is 6.28. The lowest BCUT2D eigenvalue weighted by atomic mass is 9.73. The van der Waals surface area contributed by atoms with Gasteiger partial charge in [-0.3, -0.25) is 4.98 Å². The highest BCUT2D eigenvalue weighted by molar-refractivity contribution is 5.09. The van der Waals surface area contributed by atoms with Gasteiger partial charge in [0.2, 0.25) is 0 Å². The Hall–Kier alpha value is -0.930. The van der Waals surface area contributed by atoms with Gasteiger partial charge in [-0.1, -0.05) is 25.8 Å². The molecule has 0 aromatic carbocycles. The van der Waals surface area contributed by atoms with E-state index in [0.717, 1.165) is 37.5 Å². The minimum absolute atomic E-state index is 0.0291. The van der Waals surface area contributed by atoms with Gasteiger partial charge in [0.1, 0.15) is 0 Å². The molecule has 1 aromatic rings. The molecule has 1 aliphatic carbocycles. The fraction of sp³-hybridized carbons (Fsp3) is 0.706. The molecule has 1 aromatic heterocycles. The van der Waals surface area contributed by atoms with Crippen molar-refractivity contribution >= 4 is 0 Å². The topological polar surface area (TPSA) is 34.1 Å². The van der Waals surface area contributed by atoms with E-state index in [1.165, 1.54) is 12.8 Å². The number of pyridine rings is 1. The molecule has 1 heterocycles. The maximum Gasteiger partial charge on any atom is 0.0840 e. The second-order valence-corrected chi connectivity index (χ2v) is 6.07. The second kappa shape index (κ2) is 7.19. The quantitative estimate of drug-likeness (QED) is 0.866. The largest absolute Gasteiger partial charge is 0.374 e. The summed E-state index contributed by atoms with van der Waals surface area (Å²) in [4.78, 5) is 4.48. The molecular weight excluding hydrogens is 248 g/mol. The molecule has 3 heteroatoms. The number of rotatable bonds is 6. The molecular formula is C17H28N2O. The first-order valence-electron chi connectivity index (χ1n) is 7.91. The molecule has 3 atom stereocenters. The molecule has 2 rings (SSSR count). The molecule has 0 aliphatic heterocycles. The molecule has 1 saturated carbocycles. The van der Waals surface area contributed by atoms with Gasteiger partial charge in [-0.25, -0.2) is 0 Å². The van der Waals surface area contributed by atoms with E-state index in [1.54, 1.807) is 0 Å². The van der Waals surface area contributed by atoms with Crippen LogP contribution in [0.4, 0.5) is 0 Å². The Morgan fingerprint density at radius 2 is 2.35 bits per heavy atom. The Morgan fingerprint density at radius 1 is 1.50 bits per heavy atom. The Labute approximate surface area is 123 Å². The van der Waals surface area contributed by atoms with E-state index in [1.807, 2.05) is 19.3 Å². The highest BCUT2D eigenvalue weighted by Crippen LogP contribution is 2.38. The Morgan fingerprint density at radius 3 is 2.95 bits per heavy atom. The molecule has 3 nitrogen and oxygen atoms in total. The monoisotopic (exact) mass is 276 g/mol. The SMILES string of the molecule is CCOC1(C(Cc2ccccn2)NC)CCCC(C)C1. The lowest BCUT2D eigenvalue weighted by Gasteiger charge is -2.45. The first-order chi connectivity index (χ1) is 9.70. The summed E-state index contributed by atoms with van der Waals surface area (Å²) in [5, 5.41) is 3.50. The minimum atomic E-state index is -0.0291. The van der Waals surface area contributed by atoms with Gasteiger partial charge in [-0.05, 0) is 44.9 Å². The van der Waals surface area contributed by atoms with E-state index in [9.17, 15) is 0 Å². The highest BCUT2D eigenvalue weighted by Gasteiger charge is 2.42. The normalized spacial score (nSPS) is 28.2. The smallest absolute Gasteiger partial charge is 0.0840 e. The second-order valence-electron chi connectivity index (χ2n) is 6.07. The summed E-state index contributed by atoms with van der Waals surface area (Å²) in [5.41, 5.74) is 1.11. The van der Waals surface area contributed by atoms with Gasteiger partial charge in [0.05, 0.1) is 5.60 Å². The molecule has 3 unspecified atom stereocenters. The number of hydrogen-bond acceptors (Lipinski definition) is 3. The molecule has 1 N–H and O–H groups in total. The highest BCUT2D eigenvalue weighted by atomic mass is 16.5. The van der Waals surface area contributed by atoms with Crippen molar-refractivity contribution in [2.75, 3.05) is 13.7 Å². The summed E-state index contributed by atoms with van der Waals surface area (Å²) in [6, 6.07) is 6.47. The Balaban J connectivity index is 2.16. The van der Waals surface area contributed by atoms with Gasteiger partial charge >= 0.3 is 0 Å². The van der Waals surface area contributed by atoms with E-state index >= 15 is 0 Å². The van der Waals surface area contributed by atoms with E-state index < -0.39 is 0 Å². The zero-order chi connectivity index (χ0) is 14.4. The van der Waals surface area contributed by atoms with Crippen LogP contribution in [0.25, 0.3) is 0 Å². The fourth-order valence-corrected chi connectivity index (χ4v) is 3.66. The lowest BCUT2D eigenvalue weighted by Crippen LogP contribution is -2.55. The average molecular weight is 276 g/mol. The van der Waals surface area contributed by atoms with Crippen LogP contribution in [0, 0.1) is 5.92 Å². The van der Waals surface area contributed by atoms with Crippen molar-refractivity contribution in [2.24, 2.45) is 5.92 Å². The van der Waals surface area contributed by atoms with Crippen LogP contribution in [-0.2, 0) is 11.2 Å². The summed E-state index contributed by atoms with van der Waals surface area (Å²) < 4.78 is 6.28. The average Bonchev–Trinajstić information content (AvgIpc) is 2.46. The molecule has 0 spiro atoms. The van der Waals surface area contributed by atoms with Crippen LogP contribution in [0.1, 0.15) is 45.2 Å². The zero-order valence-corrected chi connectivity index (χ0v) is 13.1. The van der Waals surface area contributed by atoms with Crippen molar-refractivity contribution in [2.45, 2.75) is 57.6 Å². The van der Waals surface area contributed by atoms with Gasteiger partial charge in [0.15, 0.2) is 0 Å². The van der Waals surface area contributed by atoms with Crippen LogP contribution in [0.15, 0.2) is 24.4 Å². The standard InChI is InChI=1S/C17H28N2O/c1-4-20-17(10-7-8-14(2)13-17)16(18-3)12-15-9-5-6-11-19-15/h5-6,9,11,14,16,18H,4,7-8,10,12-13H2,1-3H3. The summed E-state index contributed by atoms with van der Waals surface area (Å²) >= 11 is 0. The van der Waals surface area contributed by atoms with Crippen LogP contribution in [0.3, 0.4) is 0 Å². The maximum atomic E-state index is 6.28. The van der Waals surface area contributed by atoms with Crippen molar-refractivity contribution in [3.63, 3.8) is 0 Å². The van der Waals surface area contributed by atoms with Crippen molar-refractivity contribution in [3.05, 3.63) is 30.1 Å². The first-order valence-corrected chi connectivity index (χ1v) is 7.91. The third kappa shape index (κ3) is 3.58. The van der Waals surface area contributed by atoms with Crippen LogP contribution in [-0.4, -0.2) is 30.3 Å². The third-order valence-corrected chi connectivity index (χ3v) is 4.55. The summed E-state index contributed by atoms with van der Waals surface area (Å²) in [6.07, 6.45) is 7.71. The third-order valence-electron chi connectivity index (χ3n) is 4.55. The van der Waals surface area contributed by atoms with Crippen LogP contribution >= 0.6 is 0 Å².